The number of unbranched alkanes of at least 4 members (excludes halogenated alkanes) is 1. The first-order valence-electron chi connectivity index (χ1n) is 4.49. The Balaban J connectivity index is 3.93. The van der Waals surface area contributed by atoms with Gasteiger partial charge in [0.05, 0.1) is 0 Å². The molecular weight excluding hydrogens is 200 g/mol. The van der Waals surface area contributed by atoms with Gasteiger partial charge in [0.25, 0.3) is 10.2 Å². The summed E-state index contributed by atoms with van der Waals surface area (Å²) >= 11 is 0. The van der Waals surface area contributed by atoms with Gasteiger partial charge in [0.1, 0.15) is 0 Å². The second-order valence-corrected chi connectivity index (χ2v) is 5.56. The molecule has 0 radical (unpaired) electrons. The molecule has 0 bridgehead atoms. The molecule has 0 aromatic carbocycles. The number of nitrogens with one attached hydrogen (secondary N) is 2. The summed E-state index contributed by atoms with van der Waals surface area (Å²) < 4.78 is 27.6. The molecule has 4 nitrogen and oxygen atoms in total. The van der Waals surface area contributed by atoms with E-state index in [1.54, 1.807) is 20.8 Å². The van der Waals surface area contributed by atoms with Crippen LogP contribution in [0.3, 0.4) is 0 Å². The van der Waals surface area contributed by atoms with Gasteiger partial charge in [0, 0.05) is 18.5 Å². The lowest BCUT2D eigenvalue weighted by atomic mass is 10.1. The predicted octanol–water partition coefficient (Wildman–Crippen LogP) is 0.622. The minimum atomic E-state index is -3.39. The monoisotopic (exact) mass is 218 g/mol. The van der Waals surface area contributed by atoms with Gasteiger partial charge in [-0.3, -0.25) is 0 Å². The van der Waals surface area contributed by atoms with Gasteiger partial charge in [0.2, 0.25) is 0 Å². The molecule has 0 unspecified atom stereocenters. The highest BCUT2D eigenvalue weighted by Crippen LogP contribution is 2.00. The molecule has 0 saturated heterocycles. The van der Waals surface area contributed by atoms with E-state index in [0.717, 1.165) is 0 Å². The molecule has 82 valence electrons. The normalized spacial score (nSPS) is 12.4. The fourth-order valence-electron chi connectivity index (χ4n) is 0.836. The van der Waals surface area contributed by atoms with E-state index in [1.807, 2.05) is 0 Å². The lowest BCUT2D eigenvalue weighted by Crippen LogP contribution is -2.47. The first-order valence-corrected chi connectivity index (χ1v) is 5.97. The molecule has 0 atom stereocenters. The summed E-state index contributed by atoms with van der Waals surface area (Å²) in [6, 6.07) is 0. The van der Waals surface area contributed by atoms with Crippen molar-refractivity contribution in [1.82, 2.24) is 9.44 Å². The third kappa shape index (κ3) is 8.05. The average Bonchev–Trinajstić information content (AvgIpc) is 1.93. The molecule has 0 fully saturated rings. The quantitative estimate of drug-likeness (QED) is 0.525. The largest absolute Gasteiger partial charge is 0.277 e. The lowest BCUT2D eigenvalue weighted by Gasteiger charge is -2.20. The Hall–Kier alpha value is -0.570. The molecule has 0 aliphatic carbocycles. The molecule has 0 heterocycles. The molecule has 0 saturated carbocycles. The van der Waals surface area contributed by atoms with Gasteiger partial charge in [-0.25, -0.2) is 4.72 Å². The van der Waals surface area contributed by atoms with Gasteiger partial charge in [0.15, 0.2) is 0 Å². The van der Waals surface area contributed by atoms with E-state index in [-0.39, 0.29) is 0 Å². The Morgan fingerprint density at radius 2 is 1.93 bits per heavy atom. The molecule has 0 aliphatic rings. The summed E-state index contributed by atoms with van der Waals surface area (Å²) in [5.41, 5.74) is -0.460. The minimum Gasteiger partial charge on any atom is -0.202 e. The second-order valence-electron chi connectivity index (χ2n) is 4.06. The molecule has 2 N–H and O–H groups in total. The summed E-state index contributed by atoms with van der Waals surface area (Å²) in [6.07, 6.45) is 6.27. The van der Waals surface area contributed by atoms with Crippen LogP contribution in [0.25, 0.3) is 0 Å². The van der Waals surface area contributed by atoms with Gasteiger partial charge in [-0.05, 0) is 27.2 Å². The molecular formula is C9H18N2O2S. The summed E-state index contributed by atoms with van der Waals surface area (Å²) in [5.74, 6) is 2.45. The third-order valence-electron chi connectivity index (χ3n) is 1.23. The highest BCUT2D eigenvalue weighted by atomic mass is 32.2. The van der Waals surface area contributed by atoms with Gasteiger partial charge < -0.3 is 0 Å². The van der Waals surface area contributed by atoms with Crippen molar-refractivity contribution in [3.8, 4) is 12.3 Å². The van der Waals surface area contributed by atoms with Gasteiger partial charge in [-0.15, -0.1) is 12.3 Å². The summed E-state index contributed by atoms with van der Waals surface area (Å²) in [7, 11) is -3.39. The Bertz CT molecular complexity index is 296. The maximum Gasteiger partial charge on any atom is 0.277 e. The van der Waals surface area contributed by atoms with Crippen molar-refractivity contribution in [2.24, 2.45) is 0 Å². The number of rotatable bonds is 5. The van der Waals surface area contributed by atoms with Crippen molar-refractivity contribution in [1.29, 1.82) is 0 Å². The average molecular weight is 218 g/mol. The van der Waals surface area contributed by atoms with Crippen LogP contribution in [0.4, 0.5) is 0 Å². The van der Waals surface area contributed by atoms with E-state index < -0.39 is 15.7 Å². The maximum atomic E-state index is 11.3. The third-order valence-corrected chi connectivity index (χ3v) is 2.70. The molecule has 0 aromatic heterocycles. The SMILES string of the molecule is C#CCCCNS(=O)(=O)NC(C)(C)C. The minimum absolute atomic E-state index is 0.371. The standard InChI is InChI=1S/C9H18N2O2S/c1-5-6-7-8-10-14(12,13)11-9(2,3)4/h1,10-11H,6-8H2,2-4H3. The van der Waals surface area contributed by atoms with Crippen molar-refractivity contribution in [2.45, 2.75) is 39.2 Å². The van der Waals surface area contributed by atoms with E-state index >= 15 is 0 Å². The first kappa shape index (κ1) is 13.4. The number of terminal acetylenes is 1. The molecule has 0 aromatic rings. The van der Waals surface area contributed by atoms with Crippen LogP contribution in [0.2, 0.25) is 0 Å². The van der Waals surface area contributed by atoms with Crippen LogP contribution in [0.5, 0.6) is 0 Å². The lowest BCUT2D eigenvalue weighted by molar-refractivity contribution is 0.483. The number of hydrogen-bond acceptors (Lipinski definition) is 2. The molecule has 0 rings (SSSR count). The van der Waals surface area contributed by atoms with E-state index in [9.17, 15) is 8.42 Å². The summed E-state index contributed by atoms with van der Waals surface area (Å²) in [4.78, 5) is 0. The van der Waals surface area contributed by atoms with E-state index in [2.05, 4.69) is 15.4 Å². The fraction of sp³-hybridized carbons (Fsp3) is 0.778. The first-order chi connectivity index (χ1) is 6.27. The van der Waals surface area contributed by atoms with Crippen LogP contribution in [0, 0.1) is 12.3 Å². The fourth-order valence-corrected chi connectivity index (χ4v) is 2.13. The molecule has 5 heteroatoms. The number of hydrogen-bond donors (Lipinski definition) is 2. The van der Waals surface area contributed by atoms with Crippen LogP contribution in [-0.4, -0.2) is 20.5 Å². The zero-order chi connectivity index (χ0) is 11.2. The molecule has 14 heavy (non-hydrogen) atoms. The van der Waals surface area contributed by atoms with Gasteiger partial charge in [-0.1, -0.05) is 0 Å². The smallest absolute Gasteiger partial charge is 0.202 e. The zero-order valence-corrected chi connectivity index (χ0v) is 9.74. The van der Waals surface area contributed by atoms with Crippen LogP contribution in [0.1, 0.15) is 33.6 Å². The van der Waals surface area contributed by atoms with Gasteiger partial charge >= 0.3 is 0 Å². The zero-order valence-electron chi connectivity index (χ0n) is 8.92. The van der Waals surface area contributed by atoms with Crippen LogP contribution in [0.15, 0.2) is 0 Å². The van der Waals surface area contributed by atoms with Crippen molar-refractivity contribution in [2.75, 3.05) is 6.54 Å². The van der Waals surface area contributed by atoms with Crippen molar-refractivity contribution >= 4 is 10.2 Å². The molecule has 0 amide bonds. The highest BCUT2D eigenvalue weighted by Gasteiger charge is 2.18. The van der Waals surface area contributed by atoms with Crippen molar-refractivity contribution in [3.05, 3.63) is 0 Å². The second kappa shape index (κ2) is 5.35. The van der Waals surface area contributed by atoms with Crippen LogP contribution < -0.4 is 9.44 Å². The maximum absolute atomic E-state index is 11.3. The van der Waals surface area contributed by atoms with E-state index in [0.29, 0.717) is 19.4 Å². The topological polar surface area (TPSA) is 58.2 Å². The Morgan fingerprint density at radius 3 is 2.36 bits per heavy atom. The van der Waals surface area contributed by atoms with Crippen LogP contribution >= 0.6 is 0 Å². The van der Waals surface area contributed by atoms with Crippen molar-refractivity contribution in [3.63, 3.8) is 0 Å². The van der Waals surface area contributed by atoms with E-state index in [1.165, 1.54) is 0 Å². The predicted molar refractivity (Wildman–Crippen MR) is 57.9 cm³/mol. The summed E-state index contributed by atoms with van der Waals surface area (Å²) in [6.45, 7) is 5.73. The van der Waals surface area contributed by atoms with Crippen molar-refractivity contribution < 1.29 is 8.42 Å². The summed E-state index contributed by atoms with van der Waals surface area (Å²) in [5, 5.41) is 0. The van der Waals surface area contributed by atoms with E-state index in [4.69, 9.17) is 6.42 Å². The molecule has 0 aliphatic heterocycles. The highest BCUT2D eigenvalue weighted by molar-refractivity contribution is 7.87. The van der Waals surface area contributed by atoms with Crippen LogP contribution in [-0.2, 0) is 10.2 Å². The van der Waals surface area contributed by atoms with Gasteiger partial charge in [-0.2, -0.15) is 13.1 Å². The molecule has 0 spiro atoms. The Morgan fingerprint density at radius 1 is 1.36 bits per heavy atom. The Labute approximate surface area is 86.7 Å². The Kier molecular flexibility index (Phi) is 5.13.